The first-order valence-corrected chi connectivity index (χ1v) is 11.8. The van der Waals surface area contributed by atoms with Crippen molar-refractivity contribution < 1.29 is 26.3 Å². The Labute approximate surface area is 206 Å². The van der Waals surface area contributed by atoms with Crippen LogP contribution in [0.25, 0.3) is 33.5 Å². The van der Waals surface area contributed by atoms with Crippen molar-refractivity contribution in [2.24, 2.45) is 0 Å². The molecule has 0 bridgehead atoms. The zero-order valence-electron chi connectivity index (χ0n) is 18.7. The molecule has 5 aromatic rings. The van der Waals surface area contributed by atoms with Gasteiger partial charge in [0.2, 0.25) is 5.88 Å². The molecular formula is C23H14F3N7O3S. The van der Waals surface area contributed by atoms with Gasteiger partial charge >= 0.3 is 0 Å². The number of hydrogen-bond donors (Lipinski definition) is 3. The van der Waals surface area contributed by atoms with Crippen LogP contribution in [0.3, 0.4) is 0 Å². The minimum atomic E-state index is -4.56. The number of hydrogen-bond acceptors (Lipinski definition) is 7. The number of pyridine rings is 1. The number of rotatable bonds is 6. The van der Waals surface area contributed by atoms with Crippen molar-refractivity contribution in [2.45, 2.75) is 4.90 Å². The number of sulfonamides is 1. The largest absolute Gasteiger partial charge is 0.480 e. The highest BCUT2D eigenvalue weighted by molar-refractivity contribution is 7.92. The molecule has 5 rings (SSSR count). The summed E-state index contributed by atoms with van der Waals surface area (Å²) in [6.45, 7) is 0. The molecule has 0 atom stereocenters. The maximum absolute atomic E-state index is 15.5. The van der Waals surface area contributed by atoms with E-state index in [1.165, 1.54) is 12.3 Å². The van der Waals surface area contributed by atoms with Gasteiger partial charge < -0.3 is 9.72 Å². The van der Waals surface area contributed by atoms with Crippen LogP contribution in [0.15, 0.2) is 53.8 Å². The molecule has 0 amide bonds. The van der Waals surface area contributed by atoms with E-state index in [2.05, 4.69) is 25.1 Å². The molecule has 37 heavy (non-hydrogen) atoms. The fraction of sp³-hybridized carbons (Fsp3) is 0.0435. The molecule has 10 nitrogen and oxygen atoms in total. The van der Waals surface area contributed by atoms with Crippen LogP contribution in [0.2, 0.25) is 0 Å². The van der Waals surface area contributed by atoms with E-state index in [9.17, 15) is 12.8 Å². The molecule has 0 unspecified atom stereocenters. The highest BCUT2D eigenvalue weighted by atomic mass is 32.2. The number of H-pyrrole nitrogens is 2. The Kier molecular flexibility index (Phi) is 5.76. The van der Waals surface area contributed by atoms with Gasteiger partial charge in [0.15, 0.2) is 22.4 Å². The lowest BCUT2D eigenvalue weighted by molar-refractivity contribution is 0.385. The van der Waals surface area contributed by atoms with E-state index in [0.717, 1.165) is 37.6 Å². The molecule has 0 radical (unpaired) electrons. The molecular weight excluding hydrogens is 511 g/mol. The van der Waals surface area contributed by atoms with Gasteiger partial charge in [-0.2, -0.15) is 10.4 Å². The number of nitrogens with zero attached hydrogens (tertiary/aromatic N) is 4. The van der Waals surface area contributed by atoms with E-state index in [0.29, 0.717) is 16.9 Å². The number of nitrogens with one attached hydrogen (secondary N) is 3. The molecule has 0 aliphatic heterocycles. The summed E-state index contributed by atoms with van der Waals surface area (Å²) in [6.07, 6.45) is 4.15. The van der Waals surface area contributed by atoms with E-state index >= 15 is 8.78 Å². The third-order valence-corrected chi connectivity index (χ3v) is 6.80. The van der Waals surface area contributed by atoms with Gasteiger partial charge in [0, 0.05) is 29.5 Å². The van der Waals surface area contributed by atoms with Crippen LogP contribution < -0.4 is 9.46 Å². The Hall–Kier alpha value is -4.90. The Morgan fingerprint density at radius 3 is 2.62 bits per heavy atom. The number of halogens is 3. The number of aromatic amines is 2. The van der Waals surface area contributed by atoms with Crippen molar-refractivity contribution in [3.8, 4) is 34.6 Å². The van der Waals surface area contributed by atoms with Crippen LogP contribution in [0.5, 0.6) is 5.88 Å². The SMILES string of the molecule is COc1ncc(C#N)cc1S(=O)(=O)Nc1ccc(F)c(-c2ccc3c(-c4ncc[nH]4)[nH]nc3c2F)c1F. The highest BCUT2D eigenvalue weighted by Crippen LogP contribution is 2.37. The van der Waals surface area contributed by atoms with Gasteiger partial charge in [-0.1, -0.05) is 6.07 Å². The van der Waals surface area contributed by atoms with E-state index < -0.39 is 49.2 Å². The summed E-state index contributed by atoms with van der Waals surface area (Å²) in [5.41, 5.74) is -1.87. The first-order valence-electron chi connectivity index (χ1n) is 10.4. The molecule has 0 fully saturated rings. The van der Waals surface area contributed by atoms with E-state index in [4.69, 9.17) is 10.00 Å². The standard InChI is InChI=1S/C23H14F3N7O3S/c1-36-23-16(8-11(9-27)10-30-23)37(34,35)33-15-5-4-14(24)17(19(15)26)12-2-3-13-20(18(12)25)31-32-21(13)22-28-6-7-29-22/h2-8,10,33H,1H3,(H,28,29)(H,31,32). The average molecular weight is 525 g/mol. The quantitative estimate of drug-likeness (QED) is 0.302. The number of anilines is 1. The second-order valence-corrected chi connectivity index (χ2v) is 9.24. The van der Waals surface area contributed by atoms with Gasteiger partial charge in [-0.3, -0.25) is 9.82 Å². The number of imidazole rings is 1. The van der Waals surface area contributed by atoms with Crippen LogP contribution in [-0.2, 0) is 10.0 Å². The van der Waals surface area contributed by atoms with Gasteiger partial charge in [-0.25, -0.2) is 31.6 Å². The highest BCUT2D eigenvalue weighted by Gasteiger charge is 2.27. The van der Waals surface area contributed by atoms with E-state index in [-0.39, 0.29) is 17.0 Å². The number of aromatic nitrogens is 5. The molecule has 3 aromatic heterocycles. The van der Waals surface area contributed by atoms with Crippen LogP contribution in [-0.4, -0.2) is 40.7 Å². The Balaban J connectivity index is 1.60. The first-order chi connectivity index (χ1) is 17.7. The molecule has 0 aliphatic carbocycles. The molecule has 186 valence electrons. The molecule has 0 spiro atoms. The molecule has 0 saturated heterocycles. The Bertz CT molecular complexity index is 1810. The van der Waals surface area contributed by atoms with Gasteiger partial charge in [-0.05, 0) is 24.3 Å². The number of ether oxygens (including phenoxy) is 1. The molecule has 3 N–H and O–H groups in total. The zero-order chi connectivity index (χ0) is 26.3. The predicted molar refractivity (Wildman–Crippen MR) is 125 cm³/mol. The second kappa shape index (κ2) is 8.95. The smallest absolute Gasteiger partial charge is 0.267 e. The van der Waals surface area contributed by atoms with E-state index in [1.807, 2.05) is 4.72 Å². The Morgan fingerprint density at radius 2 is 1.92 bits per heavy atom. The second-order valence-electron chi connectivity index (χ2n) is 7.59. The third-order valence-electron chi connectivity index (χ3n) is 5.44. The van der Waals surface area contributed by atoms with Gasteiger partial charge in [-0.15, -0.1) is 0 Å². The van der Waals surface area contributed by atoms with E-state index in [1.54, 1.807) is 12.3 Å². The number of benzene rings is 2. The van der Waals surface area contributed by atoms with Crippen molar-refractivity contribution in [3.05, 3.63) is 71.9 Å². The van der Waals surface area contributed by atoms with Crippen molar-refractivity contribution in [2.75, 3.05) is 11.8 Å². The monoisotopic (exact) mass is 525 g/mol. The first kappa shape index (κ1) is 23.8. The molecule has 0 aliphatic rings. The summed E-state index contributed by atoms with van der Waals surface area (Å²) < 4.78 is 78.7. The summed E-state index contributed by atoms with van der Waals surface area (Å²) in [6, 6.07) is 6.94. The van der Waals surface area contributed by atoms with Crippen LogP contribution in [0, 0.1) is 28.8 Å². The topological polar surface area (TPSA) is 149 Å². The molecule has 2 aromatic carbocycles. The minimum Gasteiger partial charge on any atom is -0.480 e. The molecule has 3 heterocycles. The molecule has 0 saturated carbocycles. The van der Waals surface area contributed by atoms with Crippen molar-refractivity contribution >= 4 is 26.6 Å². The normalized spacial score (nSPS) is 11.4. The average Bonchev–Trinajstić information content (AvgIpc) is 3.57. The third kappa shape index (κ3) is 4.00. The predicted octanol–water partition coefficient (Wildman–Crippen LogP) is 4.11. The summed E-state index contributed by atoms with van der Waals surface area (Å²) in [4.78, 5) is 10.1. The number of methoxy groups -OCH3 is 1. The van der Waals surface area contributed by atoms with Gasteiger partial charge in [0.1, 0.15) is 23.1 Å². The van der Waals surface area contributed by atoms with Crippen molar-refractivity contribution in [1.29, 1.82) is 5.26 Å². The summed E-state index contributed by atoms with van der Waals surface area (Å²) in [5.74, 6) is -3.50. The minimum absolute atomic E-state index is 0.0928. The lowest BCUT2D eigenvalue weighted by atomic mass is 10.0. The fourth-order valence-electron chi connectivity index (χ4n) is 3.74. The van der Waals surface area contributed by atoms with Gasteiger partial charge in [0.05, 0.1) is 23.9 Å². The number of nitriles is 1. The summed E-state index contributed by atoms with van der Waals surface area (Å²) in [7, 11) is -3.40. The van der Waals surface area contributed by atoms with Crippen LogP contribution in [0.1, 0.15) is 5.56 Å². The maximum atomic E-state index is 15.5. The van der Waals surface area contributed by atoms with Crippen molar-refractivity contribution in [1.82, 2.24) is 25.1 Å². The van der Waals surface area contributed by atoms with Crippen LogP contribution >= 0.6 is 0 Å². The fourth-order valence-corrected chi connectivity index (χ4v) is 4.95. The maximum Gasteiger partial charge on any atom is 0.267 e. The lowest BCUT2D eigenvalue weighted by Gasteiger charge is -2.14. The Morgan fingerprint density at radius 1 is 1.11 bits per heavy atom. The zero-order valence-corrected chi connectivity index (χ0v) is 19.5. The van der Waals surface area contributed by atoms with Crippen LogP contribution in [0.4, 0.5) is 18.9 Å². The molecule has 14 heteroatoms. The summed E-state index contributed by atoms with van der Waals surface area (Å²) in [5, 5.41) is 15.9. The lowest BCUT2D eigenvalue weighted by Crippen LogP contribution is -2.16. The van der Waals surface area contributed by atoms with Crippen molar-refractivity contribution in [3.63, 3.8) is 0 Å². The number of fused-ring (bicyclic) bond motifs is 1. The van der Waals surface area contributed by atoms with Gasteiger partial charge in [0.25, 0.3) is 10.0 Å². The summed E-state index contributed by atoms with van der Waals surface area (Å²) >= 11 is 0.